The molecule has 0 aliphatic heterocycles. The number of nitrogens with one attached hydrogen (secondary N) is 1. The van der Waals surface area contributed by atoms with E-state index in [1.807, 2.05) is 13.0 Å². The number of para-hydroxylation sites is 1. The molecule has 0 saturated heterocycles. The van der Waals surface area contributed by atoms with Gasteiger partial charge in [0.25, 0.3) is 0 Å². The van der Waals surface area contributed by atoms with Crippen LogP contribution in [-0.4, -0.2) is 0 Å². The minimum absolute atomic E-state index is 0.381. The third kappa shape index (κ3) is 2.44. The van der Waals surface area contributed by atoms with Crippen LogP contribution in [-0.2, 0) is 0 Å². The second-order valence-corrected chi connectivity index (χ2v) is 4.27. The molecule has 0 amide bonds. The molecular weight excluding hydrogens is 251 g/mol. The van der Waals surface area contributed by atoms with Crippen LogP contribution < -0.4 is 5.32 Å². The monoisotopic (exact) mass is 260 g/mol. The lowest BCUT2D eigenvalue weighted by atomic mass is 10.1. The first kappa shape index (κ1) is 12.4. The second kappa shape index (κ2) is 5.07. The van der Waals surface area contributed by atoms with Gasteiger partial charge in [-0.05, 0) is 36.8 Å². The summed E-state index contributed by atoms with van der Waals surface area (Å²) in [6.45, 7) is 1.87. The number of aryl methyl sites for hydroxylation is 1. The minimum Gasteiger partial charge on any atom is -0.353 e. The Morgan fingerprint density at radius 1 is 1.28 bits per heavy atom. The van der Waals surface area contributed by atoms with Crippen LogP contribution in [0.5, 0.6) is 0 Å². The summed E-state index contributed by atoms with van der Waals surface area (Å²) >= 11 is 5.98. The number of rotatable bonds is 2. The van der Waals surface area contributed by atoms with E-state index in [1.165, 1.54) is 18.2 Å². The zero-order valence-electron chi connectivity index (χ0n) is 9.67. The van der Waals surface area contributed by atoms with E-state index in [9.17, 15) is 4.39 Å². The predicted octanol–water partition coefficient (Wildman–Crippen LogP) is 4.40. The molecule has 0 unspecified atom stereocenters. The maximum Gasteiger partial charge on any atom is 0.125 e. The summed E-state index contributed by atoms with van der Waals surface area (Å²) in [5.74, 6) is -0.381. The molecule has 18 heavy (non-hydrogen) atoms. The summed E-state index contributed by atoms with van der Waals surface area (Å²) in [6.07, 6.45) is 0. The third-order valence-corrected chi connectivity index (χ3v) is 2.91. The van der Waals surface area contributed by atoms with Gasteiger partial charge in [-0.1, -0.05) is 23.7 Å². The Balaban J connectivity index is 2.46. The summed E-state index contributed by atoms with van der Waals surface area (Å²) in [5, 5.41) is 12.5. The van der Waals surface area contributed by atoms with E-state index in [0.717, 1.165) is 5.56 Å². The standard InChI is InChI=1S/C14H10ClFN2/c1-9-3-2-4-10(8-17)14(9)18-13-7-11(16)5-6-12(13)15/h2-7,18H,1H3. The van der Waals surface area contributed by atoms with Crippen LogP contribution in [0, 0.1) is 24.1 Å². The molecule has 0 radical (unpaired) electrons. The van der Waals surface area contributed by atoms with E-state index in [1.54, 1.807) is 12.1 Å². The first-order chi connectivity index (χ1) is 8.61. The second-order valence-electron chi connectivity index (χ2n) is 3.86. The fourth-order valence-electron chi connectivity index (χ4n) is 1.65. The van der Waals surface area contributed by atoms with E-state index in [-0.39, 0.29) is 5.82 Å². The van der Waals surface area contributed by atoms with Gasteiger partial charge in [0.15, 0.2) is 0 Å². The predicted molar refractivity (Wildman–Crippen MR) is 70.6 cm³/mol. The van der Waals surface area contributed by atoms with Gasteiger partial charge in [0.1, 0.15) is 11.9 Å². The van der Waals surface area contributed by atoms with Crippen LogP contribution in [0.4, 0.5) is 15.8 Å². The Labute approximate surface area is 110 Å². The Morgan fingerprint density at radius 3 is 2.78 bits per heavy atom. The molecule has 0 bridgehead atoms. The molecule has 2 aromatic rings. The average molecular weight is 261 g/mol. The van der Waals surface area contributed by atoms with Crippen LogP contribution in [0.2, 0.25) is 5.02 Å². The number of benzene rings is 2. The van der Waals surface area contributed by atoms with Gasteiger partial charge in [-0.15, -0.1) is 0 Å². The molecule has 0 aliphatic rings. The topological polar surface area (TPSA) is 35.8 Å². The SMILES string of the molecule is Cc1cccc(C#N)c1Nc1cc(F)ccc1Cl. The minimum atomic E-state index is -0.381. The van der Waals surface area contributed by atoms with Crippen molar-refractivity contribution in [1.29, 1.82) is 5.26 Å². The van der Waals surface area contributed by atoms with Gasteiger partial charge < -0.3 is 5.32 Å². The number of halogens is 2. The van der Waals surface area contributed by atoms with Crippen LogP contribution in [0.15, 0.2) is 36.4 Å². The molecule has 90 valence electrons. The number of nitriles is 1. The van der Waals surface area contributed by atoms with Crippen molar-refractivity contribution in [2.75, 3.05) is 5.32 Å². The highest BCUT2D eigenvalue weighted by molar-refractivity contribution is 6.33. The number of hydrogen-bond donors (Lipinski definition) is 1. The van der Waals surface area contributed by atoms with E-state index < -0.39 is 0 Å². The summed E-state index contributed by atoms with van der Waals surface area (Å²) < 4.78 is 13.2. The van der Waals surface area contributed by atoms with Crippen molar-refractivity contribution in [2.24, 2.45) is 0 Å². The van der Waals surface area contributed by atoms with Gasteiger partial charge in [0, 0.05) is 0 Å². The highest BCUT2D eigenvalue weighted by Gasteiger charge is 2.08. The van der Waals surface area contributed by atoms with Gasteiger partial charge in [0.2, 0.25) is 0 Å². The molecule has 0 aromatic heterocycles. The maximum absolute atomic E-state index is 13.2. The molecule has 0 aliphatic carbocycles. The molecule has 4 heteroatoms. The lowest BCUT2D eigenvalue weighted by Crippen LogP contribution is -1.97. The van der Waals surface area contributed by atoms with E-state index >= 15 is 0 Å². The molecule has 0 heterocycles. The lowest BCUT2D eigenvalue weighted by Gasteiger charge is -2.12. The smallest absolute Gasteiger partial charge is 0.125 e. The summed E-state index contributed by atoms with van der Waals surface area (Å²) in [5.41, 5.74) is 2.49. The third-order valence-electron chi connectivity index (χ3n) is 2.58. The molecule has 0 atom stereocenters. The summed E-state index contributed by atoms with van der Waals surface area (Å²) in [6, 6.07) is 11.5. The van der Waals surface area contributed by atoms with Crippen molar-refractivity contribution in [3.8, 4) is 6.07 Å². The first-order valence-electron chi connectivity index (χ1n) is 5.33. The number of nitrogens with zero attached hydrogens (tertiary/aromatic N) is 1. The van der Waals surface area contributed by atoms with Gasteiger partial charge in [-0.25, -0.2) is 4.39 Å². The molecule has 2 aromatic carbocycles. The van der Waals surface area contributed by atoms with E-state index in [0.29, 0.717) is 22.0 Å². The van der Waals surface area contributed by atoms with Crippen molar-refractivity contribution in [3.63, 3.8) is 0 Å². The number of hydrogen-bond acceptors (Lipinski definition) is 2. The molecule has 0 spiro atoms. The zero-order valence-corrected chi connectivity index (χ0v) is 10.4. The van der Waals surface area contributed by atoms with Crippen molar-refractivity contribution < 1.29 is 4.39 Å². The van der Waals surface area contributed by atoms with Gasteiger partial charge in [0.05, 0.1) is 22.0 Å². The van der Waals surface area contributed by atoms with Crippen LogP contribution in [0.25, 0.3) is 0 Å². The van der Waals surface area contributed by atoms with Gasteiger partial charge in [-0.2, -0.15) is 5.26 Å². The molecule has 0 fully saturated rings. The molecular formula is C14H10ClFN2. The molecule has 0 saturated carbocycles. The van der Waals surface area contributed by atoms with Crippen molar-refractivity contribution in [3.05, 3.63) is 58.4 Å². The van der Waals surface area contributed by atoms with Crippen molar-refractivity contribution >= 4 is 23.0 Å². The Bertz CT molecular complexity index is 632. The summed E-state index contributed by atoms with van der Waals surface area (Å²) in [7, 11) is 0. The van der Waals surface area contributed by atoms with Crippen LogP contribution in [0.1, 0.15) is 11.1 Å². The fourth-order valence-corrected chi connectivity index (χ4v) is 1.82. The molecule has 1 N–H and O–H groups in total. The van der Waals surface area contributed by atoms with Crippen LogP contribution >= 0.6 is 11.6 Å². The van der Waals surface area contributed by atoms with Crippen molar-refractivity contribution in [1.82, 2.24) is 0 Å². The first-order valence-corrected chi connectivity index (χ1v) is 5.71. The average Bonchev–Trinajstić information content (AvgIpc) is 2.36. The zero-order chi connectivity index (χ0) is 13.1. The quantitative estimate of drug-likeness (QED) is 0.869. The lowest BCUT2D eigenvalue weighted by molar-refractivity contribution is 0.628. The van der Waals surface area contributed by atoms with E-state index in [4.69, 9.17) is 16.9 Å². The van der Waals surface area contributed by atoms with Crippen LogP contribution in [0.3, 0.4) is 0 Å². The van der Waals surface area contributed by atoms with Crippen molar-refractivity contribution in [2.45, 2.75) is 6.92 Å². The Hall–Kier alpha value is -2.05. The highest BCUT2D eigenvalue weighted by Crippen LogP contribution is 2.29. The molecule has 2 nitrogen and oxygen atoms in total. The van der Waals surface area contributed by atoms with Gasteiger partial charge >= 0.3 is 0 Å². The largest absolute Gasteiger partial charge is 0.353 e. The Kier molecular flexibility index (Phi) is 3.50. The fraction of sp³-hybridized carbons (Fsp3) is 0.0714. The number of anilines is 2. The van der Waals surface area contributed by atoms with Gasteiger partial charge in [-0.3, -0.25) is 0 Å². The highest BCUT2D eigenvalue weighted by atomic mass is 35.5. The Morgan fingerprint density at radius 2 is 2.06 bits per heavy atom. The normalized spacial score (nSPS) is 9.89. The molecule has 2 rings (SSSR count). The maximum atomic E-state index is 13.2. The summed E-state index contributed by atoms with van der Waals surface area (Å²) in [4.78, 5) is 0. The van der Waals surface area contributed by atoms with E-state index in [2.05, 4.69) is 11.4 Å².